The summed E-state index contributed by atoms with van der Waals surface area (Å²) < 4.78 is 48.7. The van der Waals surface area contributed by atoms with Crippen molar-refractivity contribution in [2.24, 2.45) is 0 Å². The zero-order chi connectivity index (χ0) is 12.5. The fourth-order valence-corrected chi connectivity index (χ4v) is 1.91. The summed E-state index contributed by atoms with van der Waals surface area (Å²) >= 11 is 3.10. The standard InChI is InChI=1S/C11H10BrF3O2/c12-9-4-2-1-3-8(9)10(11(13,14)15)17-6-7-5-16-7/h1-4,7,10H,5-6H2/t7-,10+/m0/s1. The SMILES string of the molecule is FC(F)(F)[C@H](OC[C@@H]1CO1)c1ccccc1Br. The molecule has 0 unspecified atom stereocenters. The van der Waals surface area contributed by atoms with Gasteiger partial charge in [-0.3, -0.25) is 0 Å². The summed E-state index contributed by atoms with van der Waals surface area (Å²) in [6, 6.07) is 6.17. The molecule has 17 heavy (non-hydrogen) atoms. The summed E-state index contributed by atoms with van der Waals surface area (Å²) in [5.74, 6) is 0. The third-order valence-electron chi connectivity index (χ3n) is 2.34. The van der Waals surface area contributed by atoms with Gasteiger partial charge >= 0.3 is 6.18 Å². The summed E-state index contributed by atoms with van der Waals surface area (Å²) in [6.07, 6.45) is -6.54. The van der Waals surface area contributed by atoms with E-state index in [2.05, 4.69) is 15.9 Å². The van der Waals surface area contributed by atoms with Crippen LogP contribution < -0.4 is 0 Å². The van der Waals surface area contributed by atoms with Crippen molar-refractivity contribution in [3.8, 4) is 0 Å². The lowest BCUT2D eigenvalue weighted by molar-refractivity contribution is -0.224. The lowest BCUT2D eigenvalue weighted by Gasteiger charge is -2.21. The molecule has 1 aliphatic rings. The van der Waals surface area contributed by atoms with E-state index < -0.39 is 12.3 Å². The van der Waals surface area contributed by atoms with Gasteiger partial charge in [-0.1, -0.05) is 34.1 Å². The minimum atomic E-state index is -4.43. The summed E-state index contributed by atoms with van der Waals surface area (Å²) in [5.41, 5.74) is 0.0839. The molecule has 1 aromatic carbocycles. The van der Waals surface area contributed by atoms with E-state index >= 15 is 0 Å². The number of halogens is 4. The molecule has 0 saturated carbocycles. The molecule has 2 atom stereocenters. The second kappa shape index (κ2) is 4.96. The van der Waals surface area contributed by atoms with Crippen LogP contribution in [-0.2, 0) is 9.47 Å². The van der Waals surface area contributed by atoms with Gasteiger partial charge in [-0.25, -0.2) is 0 Å². The van der Waals surface area contributed by atoms with Gasteiger partial charge in [-0.05, 0) is 6.07 Å². The van der Waals surface area contributed by atoms with Crippen molar-refractivity contribution in [3.63, 3.8) is 0 Å². The van der Waals surface area contributed by atoms with Crippen molar-refractivity contribution in [3.05, 3.63) is 34.3 Å². The molecule has 94 valence electrons. The first-order valence-electron chi connectivity index (χ1n) is 5.03. The van der Waals surface area contributed by atoms with Gasteiger partial charge in [-0.2, -0.15) is 13.2 Å². The van der Waals surface area contributed by atoms with Crippen LogP contribution in [0.5, 0.6) is 0 Å². The predicted molar refractivity (Wildman–Crippen MR) is 58.6 cm³/mol. The second-order valence-corrected chi connectivity index (χ2v) is 4.59. The van der Waals surface area contributed by atoms with Crippen LogP contribution >= 0.6 is 15.9 Å². The van der Waals surface area contributed by atoms with Crippen LogP contribution in [-0.4, -0.2) is 25.5 Å². The van der Waals surface area contributed by atoms with Gasteiger partial charge in [0, 0.05) is 10.0 Å². The van der Waals surface area contributed by atoms with Crippen molar-refractivity contribution >= 4 is 15.9 Å². The van der Waals surface area contributed by atoms with Crippen LogP contribution in [0.15, 0.2) is 28.7 Å². The fraction of sp³-hybridized carbons (Fsp3) is 0.455. The topological polar surface area (TPSA) is 21.8 Å². The molecule has 0 bridgehead atoms. The van der Waals surface area contributed by atoms with E-state index in [9.17, 15) is 13.2 Å². The normalized spacial score (nSPS) is 21.3. The molecule has 0 aromatic heterocycles. The molecule has 1 heterocycles. The summed E-state index contributed by atoms with van der Waals surface area (Å²) in [5, 5.41) is 0. The molecule has 2 rings (SSSR count). The summed E-state index contributed by atoms with van der Waals surface area (Å²) in [4.78, 5) is 0. The average Bonchev–Trinajstić information content (AvgIpc) is 3.03. The van der Waals surface area contributed by atoms with Crippen molar-refractivity contribution in [2.45, 2.75) is 18.4 Å². The monoisotopic (exact) mass is 310 g/mol. The van der Waals surface area contributed by atoms with Crippen LogP contribution in [0, 0.1) is 0 Å². The maximum absolute atomic E-state index is 12.9. The number of epoxide rings is 1. The second-order valence-electron chi connectivity index (χ2n) is 3.73. The number of hydrogen-bond donors (Lipinski definition) is 0. The molecule has 0 aliphatic carbocycles. The van der Waals surface area contributed by atoms with E-state index in [0.29, 0.717) is 11.1 Å². The van der Waals surface area contributed by atoms with Crippen molar-refractivity contribution in [2.75, 3.05) is 13.2 Å². The Hall–Kier alpha value is -0.590. The highest BCUT2D eigenvalue weighted by Crippen LogP contribution is 2.39. The Bertz CT molecular complexity index is 391. The molecule has 6 heteroatoms. The first-order chi connectivity index (χ1) is 7.98. The molecule has 1 aromatic rings. The van der Waals surface area contributed by atoms with E-state index in [1.54, 1.807) is 18.2 Å². The predicted octanol–water partition coefficient (Wildman–Crippen LogP) is 3.47. The van der Waals surface area contributed by atoms with E-state index in [0.717, 1.165) is 0 Å². The Balaban J connectivity index is 2.16. The summed E-state index contributed by atoms with van der Waals surface area (Å²) in [7, 11) is 0. The van der Waals surface area contributed by atoms with Gasteiger partial charge in [0.2, 0.25) is 0 Å². The first-order valence-corrected chi connectivity index (χ1v) is 5.82. The average molecular weight is 311 g/mol. The Morgan fingerprint density at radius 2 is 2.06 bits per heavy atom. The highest BCUT2D eigenvalue weighted by Gasteiger charge is 2.43. The Labute approximate surface area is 105 Å². The van der Waals surface area contributed by atoms with E-state index in [4.69, 9.17) is 9.47 Å². The minimum Gasteiger partial charge on any atom is -0.371 e. The number of alkyl halides is 3. The van der Waals surface area contributed by atoms with Crippen LogP contribution in [0.25, 0.3) is 0 Å². The van der Waals surface area contributed by atoms with Crippen LogP contribution in [0.1, 0.15) is 11.7 Å². The van der Waals surface area contributed by atoms with Crippen LogP contribution in [0.4, 0.5) is 13.2 Å². The molecule has 1 saturated heterocycles. The lowest BCUT2D eigenvalue weighted by atomic mass is 10.1. The first kappa shape index (κ1) is 12.9. The van der Waals surface area contributed by atoms with Crippen LogP contribution in [0.3, 0.4) is 0 Å². The number of benzene rings is 1. The highest BCUT2D eigenvalue weighted by atomic mass is 79.9. The molecule has 0 radical (unpaired) electrons. The molecular weight excluding hydrogens is 301 g/mol. The third kappa shape index (κ3) is 3.43. The maximum atomic E-state index is 12.9. The molecule has 0 amide bonds. The van der Waals surface area contributed by atoms with Crippen molar-refractivity contribution < 1.29 is 22.6 Å². The molecule has 0 N–H and O–H groups in total. The van der Waals surface area contributed by atoms with Crippen molar-refractivity contribution in [1.82, 2.24) is 0 Å². The zero-order valence-electron chi connectivity index (χ0n) is 8.71. The zero-order valence-corrected chi connectivity index (χ0v) is 10.3. The summed E-state index contributed by atoms with van der Waals surface area (Å²) in [6.45, 7) is 0.437. The van der Waals surface area contributed by atoms with Crippen molar-refractivity contribution in [1.29, 1.82) is 0 Å². The third-order valence-corrected chi connectivity index (χ3v) is 3.06. The fourth-order valence-electron chi connectivity index (χ4n) is 1.42. The maximum Gasteiger partial charge on any atom is 0.418 e. The largest absolute Gasteiger partial charge is 0.418 e. The quantitative estimate of drug-likeness (QED) is 0.794. The van der Waals surface area contributed by atoms with Gasteiger partial charge in [0.15, 0.2) is 6.10 Å². The van der Waals surface area contributed by atoms with Gasteiger partial charge < -0.3 is 9.47 Å². The number of rotatable bonds is 4. The van der Waals surface area contributed by atoms with E-state index in [1.165, 1.54) is 6.07 Å². The number of ether oxygens (including phenoxy) is 2. The molecule has 0 spiro atoms. The smallest absolute Gasteiger partial charge is 0.371 e. The Morgan fingerprint density at radius 3 is 2.59 bits per heavy atom. The molecule has 1 fully saturated rings. The number of hydrogen-bond acceptors (Lipinski definition) is 2. The van der Waals surface area contributed by atoms with E-state index in [1.807, 2.05) is 0 Å². The highest BCUT2D eigenvalue weighted by molar-refractivity contribution is 9.10. The molecule has 2 nitrogen and oxygen atoms in total. The van der Waals surface area contributed by atoms with E-state index in [-0.39, 0.29) is 18.3 Å². The molecular formula is C11H10BrF3O2. The minimum absolute atomic E-state index is 0.0362. The Morgan fingerprint density at radius 1 is 1.41 bits per heavy atom. The van der Waals surface area contributed by atoms with Gasteiger partial charge in [0.25, 0.3) is 0 Å². The lowest BCUT2D eigenvalue weighted by Crippen LogP contribution is -2.25. The molecule has 1 aliphatic heterocycles. The van der Waals surface area contributed by atoms with Gasteiger partial charge in [-0.15, -0.1) is 0 Å². The van der Waals surface area contributed by atoms with Gasteiger partial charge in [0.05, 0.1) is 13.2 Å². The van der Waals surface area contributed by atoms with Gasteiger partial charge in [0.1, 0.15) is 6.10 Å². The van der Waals surface area contributed by atoms with Crippen LogP contribution in [0.2, 0.25) is 0 Å². The Kier molecular flexibility index (Phi) is 3.75.